The Bertz CT molecular complexity index is 761. The van der Waals surface area contributed by atoms with Crippen molar-refractivity contribution in [1.82, 2.24) is 15.6 Å². The summed E-state index contributed by atoms with van der Waals surface area (Å²) in [7, 11) is 1.62. The van der Waals surface area contributed by atoms with Gasteiger partial charge in [-0.1, -0.05) is 6.07 Å². The van der Waals surface area contributed by atoms with Gasteiger partial charge in [-0.15, -0.1) is 0 Å². The number of halogens is 2. The highest BCUT2D eigenvalue weighted by atomic mass is 19.1. The summed E-state index contributed by atoms with van der Waals surface area (Å²) in [5.74, 6) is 0.879. The fourth-order valence-corrected chi connectivity index (χ4v) is 2.35. The molecule has 0 radical (unpaired) electrons. The molecule has 0 amide bonds. The maximum absolute atomic E-state index is 13.6. The van der Waals surface area contributed by atoms with Crippen molar-refractivity contribution in [3.8, 4) is 5.88 Å². The van der Waals surface area contributed by atoms with Gasteiger partial charge in [0, 0.05) is 38.0 Å². The first kappa shape index (κ1) is 18.1. The van der Waals surface area contributed by atoms with E-state index in [2.05, 4.69) is 20.6 Å². The van der Waals surface area contributed by atoms with E-state index < -0.39 is 11.6 Å². The lowest BCUT2D eigenvalue weighted by atomic mass is 10.2. The van der Waals surface area contributed by atoms with Crippen LogP contribution in [0.25, 0.3) is 0 Å². The average Bonchev–Trinajstić information content (AvgIpc) is 3.48. The molecule has 7 heteroatoms. The maximum atomic E-state index is 13.6. The second-order valence-electron chi connectivity index (χ2n) is 6.27. The van der Waals surface area contributed by atoms with Gasteiger partial charge in [-0.2, -0.15) is 0 Å². The van der Waals surface area contributed by atoms with E-state index in [1.807, 2.05) is 12.1 Å². The molecule has 5 nitrogen and oxygen atoms in total. The first-order valence-corrected chi connectivity index (χ1v) is 8.60. The van der Waals surface area contributed by atoms with Gasteiger partial charge in [0.05, 0.1) is 6.61 Å². The van der Waals surface area contributed by atoms with Crippen LogP contribution in [-0.4, -0.2) is 24.6 Å². The molecule has 0 unspecified atom stereocenters. The molecular weight excluding hydrogens is 338 g/mol. The molecule has 1 heterocycles. The number of pyridine rings is 1. The van der Waals surface area contributed by atoms with E-state index in [-0.39, 0.29) is 12.1 Å². The molecule has 1 aliphatic carbocycles. The zero-order valence-corrected chi connectivity index (χ0v) is 14.6. The smallest absolute Gasteiger partial charge is 0.213 e. The molecule has 1 saturated carbocycles. The number of hydrogen-bond donors (Lipinski definition) is 2. The van der Waals surface area contributed by atoms with Crippen molar-refractivity contribution in [3.05, 3.63) is 59.3 Å². The summed E-state index contributed by atoms with van der Waals surface area (Å²) in [6.07, 6.45) is 4.23. The molecule has 2 aromatic rings. The van der Waals surface area contributed by atoms with Crippen LogP contribution in [0.4, 0.5) is 8.78 Å². The van der Waals surface area contributed by atoms with Crippen molar-refractivity contribution in [2.45, 2.75) is 25.9 Å². The van der Waals surface area contributed by atoms with Crippen molar-refractivity contribution in [2.75, 3.05) is 13.7 Å². The molecule has 0 saturated heterocycles. The maximum Gasteiger partial charge on any atom is 0.213 e. The second kappa shape index (κ2) is 8.60. The third kappa shape index (κ3) is 5.40. The predicted molar refractivity (Wildman–Crippen MR) is 95.9 cm³/mol. The minimum Gasteiger partial charge on any atom is -0.477 e. The van der Waals surface area contributed by atoms with Gasteiger partial charge in [0.1, 0.15) is 11.6 Å². The molecule has 0 atom stereocenters. The van der Waals surface area contributed by atoms with Crippen LogP contribution in [0, 0.1) is 17.6 Å². The summed E-state index contributed by atoms with van der Waals surface area (Å²) in [5, 5.41) is 6.07. The summed E-state index contributed by atoms with van der Waals surface area (Å²) in [6.45, 7) is 1.37. The van der Waals surface area contributed by atoms with Gasteiger partial charge in [0.2, 0.25) is 5.88 Å². The van der Waals surface area contributed by atoms with E-state index in [0.29, 0.717) is 24.3 Å². The van der Waals surface area contributed by atoms with Crippen LogP contribution in [0.2, 0.25) is 0 Å². The highest BCUT2D eigenvalue weighted by Gasteiger charge is 2.22. The van der Waals surface area contributed by atoms with E-state index in [4.69, 9.17) is 4.74 Å². The van der Waals surface area contributed by atoms with Gasteiger partial charge >= 0.3 is 0 Å². The van der Waals surface area contributed by atoms with E-state index in [0.717, 1.165) is 24.3 Å². The first-order chi connectivity index (χ1) is 12.6. The molecule has 1 aromatic carbocycles. The lowest BCUT2D eigenvalue weighted by Gasteiger charge is -2.12. The van der Waals surface area contributed by atoms with Gasteiger partial charge in [0.15, 0.2) is 5.96 Å². The predicted octanol–water partition coefficient (Wildman–Crippen LogP) is 3.01. The Morgan fingerprint density at radius 3 is 2.69 bits per heavy atom. The van der Waals surface area contributed by atoms with Crippen LogP contribution in [0.1, 0.15) is 24.0 Å². The summed E-state index contributed by atoms with van der Waals surface area (Å²) >= 11 is 0. The van der Waals surface area contributed by atoms with Gasteiger partial charge in [-0.25, -0.2) is 13.8 Å². The van der Waals surface area contributed by atoms with Gasteiger partial charge in [-0.3, -0.25) is 4.99 Å². The Morgan fingerprint density at radius 2 is 2.00 bits per heavy atom. The summed E-state index contributed by atoms with van der Waals surface area (Å²) in [5.41, 5.74) is 1.20. The van der Waals surface area contributed by atoms with Crippen molar-refractivity contribution in [1.29, 1.82) is 0 Å². The molecule has 1 aliphatic rings. The zero-order valence-electron chi connectivity index (χ0n) is 14.6. The average molecular weight is 360 g/mol. The summed E-state index contributed by atoms with van der Waals surface area (Å²) < 4.78 is 32.4. The number of guanidine groups is 1. The van der Waals surface area contributed by atoms with Crippen LogP contribution >= 0.6 is 0 Å². The topological polar surface area (TPSA) is 58.5 Å². The monoisotopic (exact) mass is 360 g/mol. The molecule has 0 spiro atoms. The Balaban J connectivity index is 1.46. The molecule has 0 bridgehead atoms. The molecule has 26 heavy (non-hydrogen) atoms. The van der Waals surface area contributed by atoms with Gasteiger partial charge in [-0.05, 0) is 42.5 Å². The van der Waals surface area contributed by atoms with E-state index >= 15 is 0 Å². The number of aromatic nitrogens is 1. The van der Waals surface area contributed by atoms with Gasteiger partial charge in [0.25, 0.3) is 0 Å². The number of rotatable bonds is 7. The summed E-state index contributed by atoms with van der Waals surface area (Å²) in [4.78, 5) is 8.36. The fraction of sp³-hybridized carbons (Fsp3) is 0.368. The molecule has 3 rings (SSSR count). The SMILES string of the molecule is CN=C(NCc1ccc(OCC2CC2)nc1)NCc1cc(F)ccc1F. The summed E-state index contributed by atoms with van der Waals surface area (Å²) in [6, 6.07) is 7.15. The Morgan fingerprint density at radius 1 is 1.19 bits per heavy atom. The molecule has 138 valence electrons. The van der Waals surface area contributed by atoms with Crippen LogP contribution in [0.5, 0.6) is 5.88 Å². The number of benzene rings is 1. The molecule has 1 fully saturated rings. The van der Waals surface area contributed by atoms with Crippen LogP contribution in [0.15, 0.2) is 41.5 Å². The molecule has 0 aliphatic heterocycles. The minimum atomic E-state index is -0.471. The Hall–Kier alpha value is -2.70. The lowest BCUT2D eigenvalue weighted by Crippen LogP contribution is -2.36. The second-order valence-corrected chi connectivity index (χ2v) is 6.27. The third-order valence-electron chi connectivity index (χ3n) is 4.10. The first-order valence-electron chi connectivity index (χ1n) is 8.60. The Labute approximate surface area is 151 Å². The fourth-order valence-electron chi connectivity index (χ4n) is 2.35. The number of nitrogens with one attached hydrogen (secondary N) is 2. The van der Waals surface area contributed by atoms with Gasteiger partial charge < -0.3 is 15.4 Å². The van der Waals surface area contributed by atoms with Crippen molar-refractivity contribution < 1.29 is 13.5 Å². The third-order valence-corrected chi connectivity index (χ3v) is 4.10. The molecular formula is C19H22F2N4O. The number of nitrogens with zero attached hydrogens (tertiary/aromatic N) is 2. The zero-order chi connectivity index (χ0) is 18.4. The van der Waals surface area contributed by atoms with Crippen LogP contribution in [0.3, 0.4) is 0 Å². The number of ether oxygens (including phenoxy) is 1. The van der Waals surface area contributed by atoms with Crippen LogP contribution in [-0.2, 0) is 13.1 Å². The largest absolute Gasteiger partial charge is 0.477 e. The number of hydrogen-bond acceptors (Lipinski definition) is 3. The minimum absolute atomic E-state index is 0.134. The van der Waals surface area contributed by atoms with Crippen LogP contribution < -0.4 is 15.4 Å². The van der Waals surface area contributed by atoms with Crippen molar-refractivity contribution in [2.24, 2.45) is 10.9 Å². The standard InChI is InChI=1S/C19H22F2N4O/c1-22-19(25-11-15-8-16(20)5-6-17(15)21)24-10-14-4-7-18(23-9-14)26-12-13-2-3-13/h4-9,13H,2-3,10-12H2,1H3,(H2,22,24,25). The van der Waals surface area contributed by atoms with E-state index in [1.54, 1.807) is 13.2 Å². The van der Waals surface area contributed by atoms with E-state index in [1.165, 1.54) is 18.9 Å². The quantitative estimate of drug-likeness (QED) is 0.589. The molecule has 1 aromatic heterocycles. The normalized spacial score (nSPS) is 14.2. The highest BCUT2D eigenvalue weighted by molar-refractivity contribution is 5.79. The highest BCUT2D eigenvalue weighted by Crippen LogP contribution is 2.29. The Kier molecular flexibility index (Phi) is 5.99. The van der Waals surface area contributed by atoms with Crippen molar-refractivity contribution >= 4 is 5.96 Å². The number of aliphatic imine (C=N–C) groups is 1. The molecule has 2 N–H and O–H groups in total. The lowest BCUT2D eigenvalue weighted by molar-refractivity contribution is 0.288. The van der Waals surface area contributed by atoms with E-state index in [9.17, 15) is 8.78 Å². The van der Waals surface area contributed by atoms with Crippen molar-refractivity contribution in [3.63, 3.8) is 0 Å².